The number of carbonyl (C=O) groups is 1. The zero-order valence-electron chi connectivity index (χ0n) is 14.4. The summed E-state index contributed by atoms with van der Waals surface area (Å²) in [7, 11) is 1.67. The van der Waals surface area contributed by atoms with Crippen molar-refractivity contribution < 1.29 is 9.53 Å². The van der Waals surface area contributed by atoms with Gasteiger partial charge < -0.3 is 10.1 Å². The number of hydrogen-bond donors (Lipinski definition) is 1. The Morgan fingerprint density at radius 2 is 1.92 bits per heavy atom. The van der Waals surface area contributed by atoms with Crippen LogP contribution in [0.4, 0.5) is 0 Å². The normalized spacial score (nSPS) is 15.8. The quantitative estimate of drug-likeness (QED) is 0.851. The lowest BCUT2D eigenvalue weighted by atomic mass is 10.0. The van der Waals surface area contributed by atoms with Gasteiger partial charge in [-0.05, 0) is 67.9 Å². The van der Waals surface area contributed by atoms with Gasteiger partial charge in [0.15, 0.2) is 0 Å². The fourth-order valence-electron chi connectivity index (χ4n) is 3.25. The Labute approximate surface area is 153 Å². The van der Waals surface area contributed by atoms with E-state index >= 15 is 0 Å². The van der Waals surface area contributed by atoms with E-state index in [1.54, 1.807) is 31.4 Å². The van der Waals surface area contributed by atoms with E-state index < -0.39 is 0 Å². The second-order valence-electron chi connectivity index (χ2n) is 6.25. The van der Waals surface area contributed by atoms with Crippen LogP contribution in [0, 0.1) is 0 Å². The van der Waals surface area contributed by atoms with Gasteiger partial charge in [-0.2, -0.15) is 0 Å². The first-order chi connectivity index (χ1) is 12.2. The zero-order valence-corrected chi connectivity index (χ0v) is 15.1. The minimum absolute atomic E-state index is 0.0799. The summed E-state index contributed by atoms with van der Waals surface area (Å²) >= 11 is 5.89. The van der Waals surface area contributed by atoms with Crippen LogP contribution in [-0.4, -0.2) is 37.6 Å². The minimum atomic E-state index is -0.0799. The second-order valence-corrected chi connectivity index (χ2v) is 6.69. The highest BCUT2D eigenvalue weighted by Gasteiger charge is 2.24. The summed E-state index contributed by atoms with van der Waals surface area (Å²) in [5.74, 6) is 0.759. The molecule has 0 spiro atoms. The van der Waals surface area contributed by atoms with Gasteiger partial charge in [-0.1, -0.05) is 23.7 Å². The maximum Gasteiger partial charge on any atom is 0.251 e. The van der Waals surface area contributed by atoms with Crippen LogP contribution in [-0.2, 0) is 0 Å². The van der Waals surface area contributed by atoms with Crippen molar-refractivity contribution in [1.82, 2.24) is 10.2 Å². The molecule has 0 aliphatic carbocycles. The van der Waals surface area contributed by atoms with Gasteiger partial charge in [-0.3, -0.25) is 9.69 Å². The molecular formula is C20H23ClN2O2. The highest BCUT2D eigenvalue weighted by Crippen LogP contribution is 2.27. The number of rotatable bonds is 6. The Balaban J connectivity index is 1.73. The SMILES string of the molecule is COc1cccc(C(CNC(=O)c2ccc(Cl)cc2)N2CCCC2)c1. The fourth-order valence-corrected chi connectivity index (χ4v) is 3.38. The third-order valence-electron chi connectivity index (χ3n) is 4.62. The lowest BCUT2D eigenvalue weighted by Crippen LogP contribution is -2.36. The van der Waals surface area contributed by atoms with Crippen molar-refractivity contribution in [2.45, 2.75) is 18.9 Å². The third kappa shape index (κ3) is 4.53. The molecule has 0 aromatic heterocycles. The van der Waals surface area contributed by atoms with Gasteiger partial charge in [0.1, 0.15) is 5.75 Å². The number of likely N-dealkylation sites (tertiary alicyclic amines) is 1. The molecule has 1 amide bonds. The average molecular weight is 359 g/mol. The molecule has 0 bridgehead atoms. The molecule has 0 radical (unpaired) electrons. The molecule has 25 heavy (non-hydrogen) atoms. The monoisotopic (exact) mass is 358 g/mol. The molecule has 1 aliphatic heterocycles. The van der Waals surface area contributed by atoms with Gasteiger partial charge in [0, 0.05) is 17.1 Å². The summed E-state index contributed by atoms with van der Waals surface area (Å²) in [6, 6.07) is 15.2. The first-order valence-corrected chi connectivity index (χ1v) is 8.97. The summed E-state index contributed by atoms with van der Waals surface area (Å²) in [6.07, 6.45) is 2.40. The molecule has 4 nitrogen and oxygen atoms in total. The van der Waals surface area contributed by atoms with Gasteiger partial charge in [-0.25, -0.2) is 0 Å². The average Bonchev–Trinajstić information content (AvgIpc) is 3.17. The first kappa shape index (κ1) is 17.8. The van der Waals surface area contributed by atoms with E-state index in [0.29, 0.717) is 17.1 Å². The van der Waals surface area contributed by atoms with Crippen molar-refractivity contribution in [1.29, 1.82) is 0 Å². The van der Waals surface area contributed by atoms with Crippen LogP contribution < -0.4 is 10.1 Å². The number of amides is 1. The van der Waals surface area contributed by atoms with Crippen LogP contribution in [0.3, 0.4) is 0 Å². The Morgan fingerprint density at radius 3 is 2.60 bits per heavy atom. The summed E-state index contributed by atoms with van der Waals surface area (Å²) in [6.45, 7) is 2.67. The van der Waals surface area contributed by atoms with Crippen LogP contribution in [0.25, 0.3) is 0 Å². The summed E-state index contributed by atoms with van der Waals surface area (Å²) in [5, 5.41) is 3.69. The van der Waals surface area contributed by atoms with Crippen LogP contribution in [0.2, 0.25) is 5.02 Å². The Kier molecular flexibility index (Phi) is 5.95. The Bertz CT molecular complexity index is 712. The van der Waals surface area contributed by atoms with Crippen molar-refractivity contribution in [3.63, 3.8) is 0 Å². The molecule has 1 fully saturated rings. The molecule has 1 N–H and O–H groups in total. The maximum absolute atomic E-state index is 12.4. The minimum Gasteiger partial charge on any atom is -0.497 e. The highest BCUT2D eigenvalue weighted by atomic mass is 35.5. The molecule has 132 valence electrons. The van der Waals surface area contributed by atoms with Crippen molar-refractivity contribution in [3.8, 4) is 5.75 Å². The van der Waals surface area contributed by atoms with E-state index in [1.165, 1.54) is 12.8 Å². The maximum atomic E-state index is 12.4. The molecule has 1 heterocycles. The standard InChI is InChI=1S/C20H23ClN2O2/c1-25-18-6-4-5-16(13-18)19(23-11-2-3-12-23)14-22-20(24)15-7-9-17(21)10-8-15/h4-10,13,19H,2-3,11-12,14H2,1H3,(H,22,24). The Morgan fingerprint density at radius 1 is 1.20 bits per heavy atom. The molecule has 1 atom stereocenters. The molecule has 2 aromatic rings. The lowest BCUT2D eigenvalue weighted by Gasteiger charge is -2.28. The van der Waals surface area contributed by atoms with Gasteiger partial charge in [0.2, 0.25) is 0 Å². The number of nitrogens with one attached hydrogen (secondary N) is 1. The molecular weight excluding hydrogens is 336 g/mol. The third-order valence-corrected chi connectivity index (χ3v) is 4.87. The first-order valence-electron chi connectivity index (χ1n) is 8.59. The van der Waals surface area contributed by atoms with Gasteiger partial charge in [0.05, 0.1) is 13.2 Å². The topological polar surface area (TPSA) is 41.6 Å². The number of carbonyl (C=O) groups excluding carboxylic acids is 1. The van der Waals surface area contributed by atoms with Gasteiger partial charge >= 0.3 is 0 Å². The smallest absolute Gasteiger partial charge is 0.251 e. The predicted octanol–water partition coefficient (Wildman–Crippen LogP) is 3.92. The van der Waals surface area contributed by atoms with Crippen molar-refractivity contribution >= 4 is 17.5 Å². The molecule has 1 unspecified atom stereocenters. The molecule has 2 aromatic carbocycles. The number of ether oxygens (including phenoxy) is 1. The zero-order chi connectivity index (χ0) is 17.6. The van der Waals surface area contributed by atoms with Crippen molar-refractivity contribution in [2.75, 3.05) is 26.7 Å². The molecule has 1 aliphatic rings. The predicted molar refractivity (Wildman–Crippen MR) is 100 cm³/mol. The van der Waals surface area contributed by atoms with E-state index in [4.69, 9.17) is 16.3 Å². The van der Waals surface area contributed by atoms with Gasteiger partial charge in [-0.15, -0.1) is 0 Å². The van der Waals surface area contributed by atoms with Crippen LogP contribution >= 0.6 is 11.6 Å². The van der Waals surface area contributed by atoms with Crippen molar-refractivity contribution in [3.05, 3.63) is 64.7 Å². The number of hydrogen-bond acceptors (Lipinski definition) is 3. The van der Waals surface area contributed by atoms with E-state index in [0.717, 1.165) is 24.4 Å². The van der Waals surface area contributed by atoms with Crippen LogP contribution in [0.5, 0.6) is 5.75 Å². The Hall–Kier alpha value is -2.04. The van der Waals surface area contributed by atoms with E-state index in [2.05, 4.69) is 22.3 Å². The number of methoxy groups -OCH3 is 1. The van der Waals surface area contributed by atoms with Gasteiger partial charge in [0.25, 0.3) is 5.91 Å². The summed E-state index contributed by atoms with van der Waals surface area (Å²) < 4.78 is 5.36. The van der Waals surface area contributed by atoms with E-state index in [1.807, 2.05) is 12.1 Å². The van der Waals surface area contributed by atoms with Crippen LogP contribution in [0.15, 0.2) is 48.5 Å². The number of halogens is 1. The lowest BCUT2D eigenvalue weighted by molar-refractivity contribution is 0.0938. The largest absolute Gasteiger partial charge is 0.497 e. The fraction of sp³-hybridized carbons (Fsp3) is 0.350. The van der Waals surface area contributed by atoms with E-state index in [-0.39, 0.29) is 11.9 Å². The molecule has 5 heteroatoms. The van der Waals surface area contributed by atoms with Crippen molar-refractivity contribution in [2.24, 2.45) is 0 Å². The van der Waals surface area contributed by atoms with E-state index in [9.17, 15) is 4.79 Å². The molecule has 0 saturated carbocycles. The summed E-state index contributed by atoms with van der Waals surface area (Å²) in [4.78, 5) is 14.9. The summed E-state index contributed by atoms with van der Waals surface area (Å²) in [5.41, 5.74) is 1.79. The molecule has 1 saturated heterocycles. The second kappa shape index (κ2) is 8.37. The number of nitrogens with zero attached hydrogens (tertiary/aromatic N) is 1. The van der Waals surface area contributed by atoms with Crippen LogP contribution in [0.1, 0.15) is 34.8 Å². The highest BCUT2D eigenvalue weighted by molar-refractivity contribution is 6.30. The molecule has 3 rings (SSSR count). The number of benzene rings is 2.